The predicted molar refractivity (Wildman–Crippen MR) is 161 cm³/mol. The maximum Gasteiger partial charge on any atom is 0.105 e. The SMILES string of the molecule is CCCCCCCCCCCCCCCCN1C=CN(c2ccccc2)C1CCCCCCCCC. The minimum atomic E-state index is 0.505. The quantitative estimate of drug-likeness (QED) is 0.131. The topological polar surface area (TPSA) is 6.48 Å². The summed E-state index contributed by atoms with van der Waals surface area (Å²) in [5.74, 6) is 0. The van der Waals surface area contributed by atoms with Gasteiger partial charge in [0, 0.05) is 24.6 Å². The average molecular weight is 497 g/mol. The molecule has 36 heavy (non-hydrogen) atoms. The summed E-state index contributed by atoms with van der Waals surface area (Å²) in [4.78, 5) is 5.14. The highest BCUT2D eigenvalue weighted by molar-refractivity contribution is 5.51. The van der Waals surface area contributed by atoms with E-state index in [1.807, 2.05) is 0 Å². The number of hydrogen-bond donors (Lipinski definition) is 0. The lowest BCUT2D eigenvalue weighted by Crippen LogP contribution is -2.39. The lowest BCUT2D eigenvalue weighted by Gasteiger charge is -2.33. The van der Waals surface area contributed by atoms with E-state index < -0.39 is 0 Å². The molecule has 0 saturated carbocycles. The molecule has 2 heteroatoms. The molecule has 0 fully saturated rings. The van der Waals surface area contributed by atoms with Gasteiger partial charge in [0.05, 0.1) is 0 Å². The Labute approximate surface area is 225 Å². The van der Waals surface area contributed by atoms with Crippen LogP contribution in [0.15, 0.2) is 42.7 Å². The summed E-state index contributed by atoms with van der Waals surface area (Å²) in [6.45, 7) is 5.81. The third-order valence-electron chi connectivity index (χ3n) is 8.01. The summed E-state index contributed by atoms with van der Waals surface area (Å²) in [5, 5.41) is 0. The lowest BCUT2D eigenvalue weighted by molar-refractivity contribution is 0.273. The van der Waals surface area contributed by atoms with Gasteiger partial charge >= 0.3 is 0 Å². The van der Waals surface area contributed by atoms with Crippen molar-refractivity contribution in [3.63, 3.8) is 0 Å². The van der Waals surface area contributed by atoms with Crippen molar-refractivity contribution in [2.75, 3.05) is 11.4 Å². The maximum absolute atomic E-state index is 2.63. The van der Waals surface area contributed by atoms with Crippen molar-refractivity contribution in [2.24, 2.45) is 0 Å². The van der Waals surface area contributed by atoms with Crippen molar-refractivity contribution in [3.8, 4) is 0 Å². The molecule has 1 aromatic carbocycles. The van der Waals surface area contributed by atoms with E-state index in [4.69, 9.17) is 0 Å². The summed E-state index contributed by atoms with van der Waals surface area (Å²) < 4.78 is 0. The second-order valence-corrected chi connectivity index (χ2v) is 11.3. The number of rotatable bonds is 24. The molecule has 1 aromatic rings. The van der Waals surface area contributed by atoms with Crippen LogP contribution in [-0.2, 0) is 0 Å². The molecule has 0 aromatic heterocycles. The highest BCUT2D eigenvalue weighted by Crippen LogP contribution is 2.28. The molecule has 2 nitrogen and oxygen atoms in total. The van der Waals surface area contributed by atoms with E-state index in [1.54, 1.807) is 0 Å². The fourth-order valence-electron chi connectivity index (χ4n) is 5.68. The highest BCUT2D eigenvalue weighted by atomic mass is 15.4. The minimum Gasteiger partial charge on any atom is -0.356 e. The first-order valence-electron chi connectivity index (χ1n) is 16.1. The van der Waals surface area contributed by atoms with Crippen molar-refractivity contribution < 1.29 is 0 Å². The minimum absolute atomic E-state index is 0.505. The summed E-state index contributed by atoms with van der Waals surface area (Å²) >= 11 is 0. The summed E-state index contributed by atoms with van der Waals surface area (Å²) in [5.41, 5.74) is 1.34. The summed E-state index contributed by atoms with van der Waals surface area (Å²) in [7, 11) is 0. The molecule has 0 N–H and O–H groups in total. The Balaban J connectivity index is 1.57. The number of hydrogen-bond acceptors (Lipinski definition) is 2. The zero-order valence-electron chi connectivity index (χ0n) is 24.3. The van der Waals surface area contributed by atoms with Crippen LogP contribution < -0.4 is 4.90 Å². The maximum atomic E-state index is 2.63. The number of nitrogens with zero attached hydrogens (tertiary/aromatic N) is 2. The Morgan fingerprint density at radius 2 is 0.944 bits per heavy atom. The first kappa shape index (κ1) is 30.8. The Morgan fingerprint density at radius 3 is 1.44 bits per heavy atom. The van der Waals surface area contributed by atoms with Crippen molar-refractivity contribution in [3.05, 3.63) is 42.7 Å². The van der Waals surface area contributed by atoms with Gasteiger partial charge in [-0.2, -0.15) is 0 Å². The Kier molecular flexibility index (Phi) is 18.5. The third-order valence-corrected chi connectivity index (χ3v) is 8.01. The molecule has 2 rings (SSSR count). The number of unbranched alkanes of at least 4 members (excludes halogenated alkanes) is 19. The Hall–Kier alpha value is -1.44. The van der Waals surface area contributed by atoms with Crippen LogP contribution in [0.3, 0.4) is 0 Å². The molecule has 1 aliphatic rings. The Bertz CT molecular complexity index is 625. The van der Waals surface area contributed by atoms with E-state index in [9.17, 15) is 0 Å². The van der Waals surface area contributed by atoms with Gasteiger partial charge in [-0.3, -0.25) is 0 Å². The zero-order chi connectivity index (χ0) is 25.5. The van der Waals surface area contributed by atoms with E-state index >= 15 is 0 Å². The number of benzene rings is 1. The van der Waals surface area contributed by atoms with Gasteiger partial charge in [0.15, 0.2) is 0 Å². The molecule has 0 amide bonds. The largest absolute Gasteiger partial charge is 0.356 e. The van der Waals surface area contributed by atoms with Crippen LogP contribution in [0, 0.1) is 0 Å². The van der Waals surface area contributed by atoms with Gasteiger partial charge in [0.1, 0.15) is 6.17 Å². The smallest absolute Gasteiger partial charge is 0.105 e. The van der Waals surface area contributed by atoms with Crippen molar-refractivity contribution in [1.82, 2.24) is 4.90 Å². The predicted octanol–water partition coefficient (Wildman–Crippen LogP) is 11.2. The Morgan fingerprint density at radius 1 is 0.500 bits per heavy atom. The number of anilines is 1. The van der Waals surface area contributed by atoms with Crippen molar-refractivity contribution in [2.45, 2.75) is 161 Å². The van der Waals surface area contributed by atoms with Gasteiger partial charge < -0.3 is 9.80 Å². The average Bonchev–Trinajstić information content (AvgIpc) is 3.31. The van der Waals surface area contributed by atoms with E-state index in [-0.39, 0.29) is 0 Å². The molecule has 1 atom stereocenters. The second kappa shape index (κ2) is 21.6. The molecule has 0 aliphatic carbocycles. The molecule has 1 aliphatic heterocycles. The van der Waals surface area contributed by atoms with E-state index in [0.29, 0.717) is 6.17 Å². The van der Waals surface area contributed by atoms with Crippen LogP contribution in [0.2, 0.25) is 0 Å². The number of para-hydroxylation sites is 1. The molecular formula is C34H60N2. The first-order chi connectivity index (χ1) is 17.9. The fraction of sp³-hybridized carbons (Fsp3) is 0.765. The van der Waals surface area contributed by atoms with Gasteiger partial charge in [-0.1, -0.05) is 154 Å². The van der Waals surface area contributed by atoms with E-state index in [2.05, 4.69) is 66.4 Å². The molecule has 1 heterocycles. The molecule has 206 valence electrons. The second-order valence-electron chi connectivity index (χ2n) is 11.3. The fourth-order valence-corrected chi connectivity index (χ4v) is 5.68. The van der Waals surface area contributed by atoms with Gasteiger partial charge in [0.25, 0.3) is 0 Å². The molecule has 1 unspecified atom stereocenters. The van der Waals surface area contributed by atoms with Crippen LogP contribution in [0.4, 0.5) is 5.69 Å². The third kappa shape index (κ3) is 13.8. The molecule has 0 saturated heterocycles. The van der Waals surface area contributed by atoms with Crippen LogP contribution in [0.25, 0.3) is 0 Å². The lowest BCUT2D eigenvalue weighted by atomic mass is 10.0. The van der Waals surface area contributed by atoms with Gasteiger partial charge in [-0.25, -0.2) is 0 Å². The van der Waals surface area contributed by atoms with Crippen molar-refractivity contribution in [1.29, 1.82) is 0 Å². The monoisotopic (exact) mass is 496 g/mol. The summed E-state index contributed by atoms with van der Waals surface area (Å²) in [6.07, 6.45) is 36.2. The van der Waals surface area contributed by atoms with Crippen LogP contribution in [0.1, 0.15) is 155 Å². The van der Waals surface area contributed by atoms with Crippen LogP contribution in [0.5, 0.6) is 0 Å². The molecular weight excluding hydrogens is 436 g/mol. The van der Waals surface area contributed by atoms with Gasteiger partial charge in [-0.15, -0.1) is 0 Å². The zero-order valence-corrected chi connectivity index (χ0v) is 24.3. The highest BCUT2D eigenvalue weighted by Gasteiger charge is 2.26. The standard InChI is InChI=1S/C34H60N2/c1-3-5-7-9-11-12-13-14-15-16-17-19-21-26-30-35-31-32-36(33-27-23-22-24-28-33)34(35)29-25-20-18-10-8-6-4-2/h22-24,27-28,31-32,34H,3-21,25-26,29-30H2,1-2H3. The van der Waals surface area contributed by atoms with E-state index in [1.165, 1.54) is 153 Å². The molecule has 0 bridgehead atoms. The normalized spacial score (nSPS) is 15.3. The van der Waals surface area contributed by atoms with Crippen LogP contribution >= 0.6 is 0 Å². The van der Waals surface area contributed by atoms with E-state index in [0.717, 1.165) is 0 Å². The van der Waals surface area contributed by atoms with Crippen molar-refractivity contribution >= 4 is 5.69 Å². The molecule has 0 radical (unpaired) electrons. The van der Waals surface area contributed by atoms with Gasteiger partial charge in [-0.05, 0) is 31.4 Å². The molecule has 0 spiro atoms. The van der Waals surface area contributed by atoms with Crippen LogP contribution in [-0.4, -0.2) is 17.6 Å². The van der Waals surface area contributed by atoms with Gasteiger partial charge in [0.2, 0.25) is 0 Å². The summed E-state index contributed by atoms with van der Waals surface area (Å²) in [6, 6.07) is 11.0. The first-order valence-corrected chi connectivity index (χ1v) is 16.1.